The molecular formula is C13H19BrN2O2. The highest BCUT2D eigenvalue weighted by atomic mass is 79.9. The summed E-state index contributed by atoms with van der Waals surface area (Å²) in [7, 11) is 1.69. The Morgan fingerprint density at radius 2 is 2.44 bits per heavy atom. The summed E-state index contributed by atoms with van der Waals surface area (Å²) >= 11 is 3.47. The topological polar surface area (TPSA) is 42.5 Å². The van der Waals surface area contributed by atoms with Crippen LogP contribution in [0.25, 0.3) is 0 Å². The normalized spacial score (nSPS) is 19.6. The van der Waals surface area contributed by atoms with Crippen molar-refractivity contribution in [3.63, 3.8) is 0 Å². The Morgan fingerprint density at radius 3 is 3.17 bits per heavy atom. The molecule has 1 unspecified atom stereocenters. The highest BCUT2D eigenvalue weighted by Gasteiger charge is 2.12. The molecule has 100 valence electrons. The average molecular weight is 315 g/mol. The molecule has 0 aliphatic carbocycles. The lowest BCUT2D eigenvalue weighted by Crippen LogP contribution is -2.42. The van der Waals surface area contributed by atoms with Crippen LogP contribution in [0.3, 0.4) is 0 Å². The predicted molar refractivity (Wildman–Crippen MR) is 76.4 cm³/mol. The maximum atomic E-state index is 5.43. The van der Waals surface area contributed by atoms with Gasteiger partial charge in [-0.3, -0.25) is 0 Å². The van der Waals surface area contributed by atoms with E-state index >= 15 is 0 Å². The lowest BCUT2D eigenvalue weighted by atomic mass is 10.2. The molecule has 0 saturated carbocycles. The Morgan fingerprint density at radius 1 is 1.56 bits per heavy atom. The highest BCUT2D eigenvalue weighted by Crippen LogP contribution is 2.27. The summed E-state index contributed by atoms with van der Waals surface area (Å²) in [4.78, 5) is 0. The summed E-state index contributed by atoms with van der Waals surface area (Å²) in [5, 5.41) is 6.84. The van der Waals surface area contributed by atoms with Gasteiger partial charge >= 0.3 is 0 Å². The van der Waals surface area contributed by atoms with Crippen LogP contribution in [0.2, 0.25) is 0 Å². The molecule has 0 bridgehead atoms. The minimum Gasteiger partial charge on any atom is -0.495 e. The molecular weight excluding hydrogens is 296 g/mol. The zero-order chi connectivity index (χ0) is 12.8. The van der Waals surface area contributed by atoms with Gasteiger partial charge in [0.05, 0.1) is 26.0 Å². The molecule has 0 radical (unpaired) electrons. The molecule has 1 saturated heterocycles. The maximum Gasteiger partial charge on any atom is 0.142 e. The van der Waals surface area contributed by atoms with E-state index in [9.17, 15) is 0 Å². The number of ether oxygens (including phenoxy) is 2. The summed E-state index contributed by atoms with van der Waals surface area (Å²) in [5.74, 6) is 0.867. The van der Waals surface area contributed by atoms with Gasteiger partial charge in [0.2, 0.25) is 0 Å². The maximum absolute atomic E-state index is 5.43. The number of morpholine rings is 1. The third-order valence-electron chi connectivity index (χ3n) is 2.97. The highest BCUT2D eigenvalue weighted by molar-refractivity contribution is 9.10. The van der Waals surface area contributed by atoms with Crippen LogP contribution in [0.4, 0.5) is 5.69 Å². The van der Waals surface area contributed by atoms with Gasteiger partial charge in [-0.25, -0.2) is 0 Å². The molecule has 1 fully saturated rings. The van der Waals surface area contributed by atoms with Gasteiger partial charge in [0.15, 0.2) is 0 Å². The van der Waals surface area contributed by atoms with Gasteiger partial charge in [-0.05, 0) is 24.6 Å². The number of methoxy groups -OCH3 is 1. The van der Waals surface area contributed by atoms with Gasteiger partial charge < -0.3 is 20.1 Å². The Labute approximate surface area is 116 Å². The van der Waals surface area contributed by atoms with Gasteiger partial charge in [-0.1, -0.05) is 15.9 Å². The van der Waals surface area contributed by atoms with E-state index in [2.05, 4.69) is 26.6 Å². The van der Waals surface area contributed by atoms with E-state index in [1.54, 1.807) is 7.11 Å². The van der Waals surface area contributed by atoms with Crippen molar-refractivity contribution < 1.29 is 9.47 Å². The molecule has 1 heterocycles. The average Bonchev–Trinajstić information content (AvgIpc) is 2.40. The van der Waals surface area contributed by atoms with Crippen molar-refractivity contribution in [1.82, 2.24) is 5.32 Å². The van der Waals surface area contributed by atoms with E-state index in [0.717, 1.165) is 48.6 Å². The van der Waals surface area contributed by atoms with Gasteiger partial charge in [0.25, 0.3) is 0 Å². The summed E-state index contributed by atoms with van der Waals surface area (Å²) < 4.78 is 11.8. The molecule has 0 amide bonds. The van der Waals surface area contributed by atoms with Crippen molar-refractivity contribution >= 4 is 21.6 Å². The third-order valence-corrected chi connectivity index (χ3v) is 3.46. The van der Waals surface area contributed by atoms with E-state index in [-0.39, 0.29) is 0 Å². The number of benzene rings is 1. The molecule has 5 heteroatoms. The molecule has 1 aromatic carbocycles. The summed E-state index contributed by atoms with van der Waals surface area (Å²) in [6.45, 7) is 3.47. The van der Waals surface area contributed by atoms with Crippen LogP contribution >= 0.6 is 15.9 Å². The number of halogens is 1. The fraction of sp³-hybridized carbons (Fsp3) is 0.538. The van der Waals surface area contributed by atoms with E-state index in [1.165, 1.54) is 0 Å². The zero-order valence-corrected chi connectivity index (χ0v) is 12.1. The van der Waals surface area contributed by atoms with Crippen molar-refractivity contribution in [2.45, 2.75) is 12.5 Å². The Kier molecular flexibility index (Phi) is 5.28. The molecule has 1 atom stereocenters. The van der Waals surface area contributed by atoms with Crippen molar-refractivity contribution in [3.8, 4) is 5.75 Å². The summed E-state index contributed by atoms with van der Waals surface area (Å²) in [6.07, 6.45) is 1.04. The molecule has 18 heavy (non-hydrogen) atoms. The fourth-order valence-electron chi connectivity index (χ4n) is 2.00. The number of hydrogen-bond donors (Lipinski definition) is 2. The van der Waals surface area contributed by atoms with Crippen LogP contribution in [0, 0.1) is 0 Å². The third kappa shape index (κ3) is 3.86. The SMILES string of the molecule is COc1ccc(Br)cc1NCCC1COCCN1. The Balaban J connectivity index is 1.83. The standard InChI is InChI=1S/C13H19BrN2O2/c1-17-13-3-2-10(14)8-12(13)16-5-4-11-9-18-7-6-15-11/h2-3,8,11,15-16H,4-7,9H2,1H3. The zero-order valence-electron chi connectivity index (χ0n) is 10.5. The van der Waals surface area contributed by atoms with E-state index in [1.807, 2.05) is 18.2 Å². The molecule has 2 rings (SSSR count). The Bertz CT molecular complexity index is 381. The van der Waals surface area contributed by atoms with Crippen LogP contribution in [0.15, 0.2) is 22.7 Å². The number of anilines is 1. The molecule has 1 aliphatic rings. The molecule has 1 aliphatic heterocycles. The van der Waals surface area contributed by atoms with Gasteiger partial charge in [0, 0.05) is 23.6 Å². The van der Waals surface area contributed by atoms with Crippen molar-refractivity contribution in [2.75, 3.05) is 38.7 Å². The number of hydrogen-bond acceptors (Lipinski definition) is 4. The summed E-state index contributed by atoms with van der Waals surface area (Å²) in [6, 6.07) is 6.41. The van der Waals surface area contributed by atoms with Crippen LogP contribution in [0.1, 0.15) is 6.42 Å². The lowest BCUT2D eigenvalue weighted by Gasteiger charge is -2.24. The Hall–Kier alpha value is -0.780. The first-order valence-corrected chi connectivity index (χ1v) is 6.97. The quantitative estimate of drug-likeness (QED) is 0.875. The van der Waals surface area contributed by atoms with Crippen molar-refractivity contribution in [2.24, 2.45) is 0 Å². The van der Waals surface area contributed by atoms with Crippen LogP contribution in [-0.4, -0.2) is 39.5 Å². The second kappa shape index (κ2) is 6.97. The molecule has 4 nitrogen and oxygen atoms in total. The monoisotopic (exact) mass is 314 g/mol. The first kappa shape index (κ1) is 13.6. The molecule has 1 aromatic rings. The molecule has 0 aromatic heterocycles. The second-order valence-electron chi connectivity index (χ2n) is 4.29. The van der Waals surface area contributed by atoms with Gasteiger partial charge in [0.1, 0.15) is 5.75 Å². The smallest absolute Gasteiger partial charge is 0.142 e. The van der Waals surface area contributed by atoms with Crippen LogP contribution < -0.4 is 15.4 Å². The van der Waals surface area contributed by atoms with Gasteiger partial charge in [-0.2, -0.15) is 0 Å². The minimum atomic E-state index is 0.449. The van der Waals surface area contributed by atoms with E-state index < -0.39 is 0 Å². The fourth-order valence-corrected chi connectivity index (χ4v) is 2.37. The predicted octanol–water partition coefficient (Wildman–Crippen LogP) is 2.25. The van der Waals surface area contributed by atoms with Crippen molar-refractivity contribution in [1.29, 1.82) is 0 Å². The van der Waals surface area contributed by atoms with Crippen LogP contribution in [0.5, 0.6) is 5.75 Å². The lowest BCUT2D eigenvalue weighted by molar-refractivity contribution is 0.0753. The molecule has 2 N–H and O–H groups in total. The summed E-state index contributed by atoms with van der Waals surface area (Å²) in [5.41, 5.74) is 1.02. The van der Waals surface area contributed by atoms with Gasteiger partial charge in [-0.15, -0.1) is 0 Å². The van der Waals surface area contributed by atoms with E-state index in [0.29, 0.717) is 6.04 Å². The second-order valence-corrected chi connectivity index (χ2v) is 5.20. The first-order chi connectivity index (χ1) is 8.79. The van der Waals surface area contributed by atoms with E-state index in [4.69, 9.17) is 9.47 Å². The minimum absolute atomic E-state index is 0.449. The first-order valence-electron chi connectivity index (χ1n) is 6.18. The number of rotatable bonds is 5. The number of nitrogens with one attached hydrogen (secondary N) is 2. The molecule has 0 spiro atoms. The largest absolute Gasteiger partial charge is 0.495 e. The van der Waals surface area contributed by atoms with Crippen molar-refractivity contribution in [3.05, 3.63) is 22.7 Å². The van der Waals surface area contributed by atoms with Crippen LogP contribution in [-0.2, 0) is 4.74 Å².